The van der Waals surface area contributed by atoms with Gasteiger partial charge in [0.05, 0.1) is 22.4 Å². The molecule has 0 aliphatic heterocycles. The van der Waals surface area contributed by atoms with E-state index in [9.17, 15) is 9.90 Å². The highest BCUT2D eigenvalue weighted by molar-refractivity contribution is 7.22. The molecule has 146 valence electrons. The highest BCUT2D eigenvalue weighted by Crippen LogP contribution is 2.32. The highest BCUT2D eigenvalue weighted by atomic mass is 32.1. The molecular formula is C20H22N4O3S. The zero-order valence-corrected chi connectivity index (χ0v) is 16.3. The molecule has 0 saturated heterocycles. The molecule has 0 spiro atoms. The third-order valence-corrected chi connectivity index (χ3v) is 5.77. The zero-order chi connectivity index (χ0) is 19.5. The first-order chi connectivity index (χ1) is 13.6. The molecule has 1 aliphatic carbocycles. The number of hydrogen-bond acceptors (Lipinski definition) is 7. The monoisotopic (exact) mass is 398 g/mol. The van der Waals surface area contributed by atoms with Crippen LogP contribution in [0.15, 0.2) is 36.5 Å². The Morgan fingerprint density at radius 2 is 2.04 bits per heavy atom. The van der Waals surface area contributed by atoms with Crippen LogP contribution in [-0.2, 0) is 0 Å². The van der Waals surface area contributed by atoms with Crippen LogP contribution in [0.1, 0.15) is 36.2 Å². The second kappa shape index (κ2) is 8.12. The van der Waals surface area contributed by atoms with Crippen LogP contribution in [0.3, 0.4) is 0 Å². The number of pyridine rings is 1. The van der Waals surface area contributed by atoms with Crippen molar-refractivity contribution in [2.24, 2.45) is 0 Å². The fourth-order valence-electron chi connectivity index (χ4n) is 3.33. The van der Waals surface area contributed by atoms with E-state index in [2.05, 4.69) is 20.6 Å². The van der Waals surface area contributed by atoms with Gasteiger partial charge in [0.15, 0.2) is 5.13 Å². The summed E-state index contributed by atoms with van der Waals surface area (Å²) in [6.45, 7) is 0. The number of ether oxygens (including phenoxy) is 1. The summed E-state index contributed by atoms with van der Waals surface area (Å²) in [5.41, 5.74) is 1.18. The summed E-state index contributed by atoms with van der Waals surface area (Å²) in [5.74, 6) is 0.944. The minimum atomic E-state index is -0.319. The van der Waals surface area contributed by atoms with Gasteiger partial charge in [0, 0.05) is 25.4 Å². The van der Waals surface area contributed by atoms with Crippen LogP contribution in [0, 0.1) is 0 Å². The van der Waals surface area contributed by atoms with E-state index in [-0.39, 0.29) is 18.1 Å². The van der Waals surface area contributed by atoms with Crippen molar-refractivity contribution in [3.8, 4) is 11.5 Å². The number of benzene rings is 1. The second-order valence-electron chi connectivity index (χ2n) is 6.81. The maximum atomic E-state index is 11.7. The van der Waals surface area contributed by atoms with Crippen molar-refractivity contribution in [3.05, 3.63) is 42.2 Å². The minimum Gasteiger partial charge on any atom is -0.457 e. The number of anilines is 1. The number of aliphatic hydroxyl groups is 1. The van der Waals surface area contributed by atoms with Gasteiger partial charge in [-0.15, -0.1) is 0 Å². The fraction of sp³-hybridized carbons (Fsp3) is 0.350. The zero-order valence-electron chi connectivity index (χ0n) is 15.5. The number of carbonyl (C=O) groups is 1. The molecule has 7 nitrogen and oxygen atoms in total. The second-order valence-corrected chi connectivity index (χ2v) is 7.84. The molecule has 1 fully saturated rings. The molecule has 2 atom stereocenters. The van der Waals surface area contributed by atoms with Crippen molar-refractivity contribution >= 4 is 32.6 Å². The predicted molar refractivity (Wildman–Crippen MR) is 109 cm³/mol. The SMILES string of the molecule is CNC(=O)c1cc(Oc2ccc3nc(N[C@@H]4CCCCC4O)sc3c2)ccn1. The van der Waals surface area contributed by atoms with Crippen LogP contribution in [0.4, 0.5) is 5.13 Å². The Morgan fingerprint density at radius 1 is 1.21 bits per heavy atom. The lowest BCUT2D eigenvalue weighted by atomic mass is 9.93. The summed E-state index contributed by atoms with van der Waals surface area (Å²) in [4.78, 5) is 20.4. The quantitative estimate of drug-likeness (QED) is 0.608. The molecule has 3 N–H and O–H groups in total. The molecule has 1 amide bonds. The lowest BCUT2D eigenvalue weighted by Gasteiger charge is -2.27. The largest absolute Gasteiger partial charge is 0.457 e. The van der Waals surface area contributed by atoms with Crippen LogP contribution in [0.25, 0.3) is 10.2 Å². The van der Waals surface area contributed by atoms with Crippen LogP contribution >= 0.6 is 11.3 Å². The molecule has 1 unspecified atom stereocenters. The first kappa shape index (κ1) is 18.6. The van der Waals surface area contributed by atoms with Crippen LogP contribution in [-0.4, -0.2) is 40.2 Å². The number of nitrogens with zero attached hydrogens (tertiary/aromatic N) is 2. The normalized spacial score (nSPS) is 19.4. The van der Waals surface area contributed by atoms with Crippen LogP contribution < -0.4 is 15.4 Å². The Bertz CT molecular complexity index is 990. The Morgan fingerprint density at radius 3 is 2.86 bits per heavy atom. The lowest BCUT2D eigenvalue weighted by Crippen LogP contribution is -2.36. The number of hydrogen-bond donors (Lipinski definition) is 3. The Hall–Kier alpha value is -2.71. The Labute approximate surface area is 166 Å². The first-order valence-electron chi connectivity index (χ1n) is 9.33. The molecule has 0 bridgehead atoms. The maximum Gasteiger partial charge on any atom is 0.269 e. The van der Waals surface area contributed by atoms with E-state index in [1.54, 1.807) is 25.4 Å². The van der Waals surface area contributed by atoms with E-state index in [0.29, 0.717) is 17.2 Å². The van der Waals surface area contributed by atoms with Gasteiger partial charge < -0.3 is 20.5 Å². The summed E-state index contributed by atoms with van der Waals surface area (Å²) in [5, 5.41) is 16.9. The predicted octanol–water partition coefficient (Wildman–Crippen LogP) is 3.56. The van der Waals surface area contributed by atoms with E-state index in [1.807, 2.05) is 18.2 Å². The smallest absolute Gasteiger partial charge is 0.269 e. The van der Waals surface area contributed by atoms with E-state index in [0.717, 1.165) is 41.0 Å². The van der Waals surface area contributed by atoms with Gasteiger partial charge in [-0.1, -0.05) is 24.2 Å². The Balaban J connectivity index is 1.51. The molecule has 1 saturated carbocycles. The highest BCUT2D eigenvalue weighted by Gasteiger charge is 2.23. The van der Waals surface area contributed by atoms with Crippen molar-refractivity contribution in [3.63, 3.8) is 0 Å². The van der Waals surface area contributed by atoms with Gasteiger partial charge >= 0.3 is 0 Å². The third-order valence-electron chi connectivity index (χ3n) is 4.83. The lowest BCUT2D eigenvalue weighted by molar-refractivity contribution is 0.0957. The molecule has 1 aromatic carbocycles. The van der Waals surface area contributed by atoms with E-state index < -0.39 is 0 Å². The number of carbonyl (C=O) groups excluding carboxylic acids is 1. The molecular weight excluding hydrogens is 376 g/mol. The van der Waals surface area contributed by atoms with Gasteiger partial charge in [0.2, 0.25) is 0 Å². The summed E-state index contributed by atoms with van der Waals surface area (Å²) in [6, 6.07) is 9.06. The average molecular weight is 398 g/mol. The number of aromatic nitrogens is 2. The van der Waals surface area contributed by atoms with Gasteiger partial charge in [-0.3, -0.25) is 9.78 Å². The van der Waals surface area contributed by atoms with Crippen molar-refractivity contribution in [2.75, 3.05) is 12.4 Å². The van der Waals surface area contributed by atoms with Gasteiger partial charge in [0.25, 0.3) is 5.91 Å². The van der Waals surface area contributed by atoms with E-state index in [1.165, 1.54) is 11.3 Å². The minimum absolute atomic E-state index is 0.0602. The standard InChI is InChI=1S/C20H22N4O3S/c1-21-19(26)16-10-13(8-9-22-16)27-12-6-7-15-18(11-12)28-20(24-15)23-14-4-2-3-5-17(14)25/h6-11,14,17,25H,2-5H2,1H3,(H,21,26)(H,23,24)/t14-,17?/m1/s1. The van der Waals surface area contributed by atoms with Gasteiger partial charge in [-0.05, 0) is 31.0 Å². The topological polar surface area (TPSA) is 96.4 Å². The number of thiazole rings is 1. The third kappa shape index (κ3) is 4.07. The molecule has 1 aliphatic rings. The van der Waals surface area contributed by atoms with Gasteiger partial charge in [0.1, 0.15) is 17.2 Å². The summed E-state index contributed by atoms with van der Waals surface area (Å²) < 4.78 is 6.89. The Kier molecular flexibility index (Phi) is 5.40. The van der Waals surface area contributed by atoms with Crippen LogP contribution in [0.5, 0.6) is 11.5 Å². The molecule has 2 aromatic heterocycles. The van der Waals surface area contributed by atoms with E-state index in [4.69, 9.17) is 4.74 Å². The number of nitrogens with one attached hydrogen (secondary N) is 2. The van der Waals surface area contributed by atoms with Gasteiger partial charge in [-0.2, -0.15) is 0 Å². The maximum absolute atomic E-state index is 11.7. The average Bonchev–Trinajstić information content (AvgIpc) is 3.11. The molecule has 0 radical (unpaired) electrons. The van der Waals surface area contributed by atoms with Crippen LogP contribution in [0.2, 0.25) is 0 Å². The number of fused-ring (bicyclic) bond motifs is 1. The molecule has 28 heavy (non-hydrogen) atoms. The van der Waals surface area contributed by atoms with Crippen molar-refractivity contribution in [1.29, 1.82) is 0 Å². The number of amides is 1. The fourth-order valence-corrected chi connectivity index (χ4v) is 4.29. The van der Waals surface area contributed by atoms with Gasteiger partial charge in [-0.25, -0.2) is 4.98 Å². The van der Waals surface area contributed by atoms with Crippen molar-refractivity contribution < 1.29 is 14.6 Å². The molecule has 4 rings (SSSR count). The summed E-state index contributed by atoms with van der Waals surface area (Å²) in [6.07, 6.45) is 5.23. The first-order valence-corrected chi connectivity index (χ1v) is 10.2. The summed E-state index contributed by atoms with van der Waals surface area (Å²) >= 11 is 1.54. The molecule has 2 heterocycles. The number of aliphatic hydroxyl groups excluding tert-OH is 1. The van der Waals surface area contributed by atoms with Crippen molar-refractivity contribution in [1.82, 2.24) is 15.3 Å². The van der Waals surface area contributed by atoms with Crippen molar-refractivity contribution in [2.45, 2.75) is 37.8 Å². The summed E-state index contributed by atoms with van der Waals surface area (Å²) in [7, 11) is 1.56. The number of rotatable bonds is 5. The van der Waals surface area contributed by atoms with E-state index >= 15 is 0 Å². The molecule has 3 aromatic rings. The molecule has 8 heteroatoms.